The average molecular weight is 221 g/mol. The number of hydrogen-bond donors (Lipinski definition) is 0. The molecule has 1 aliphatic rings. The predicted molar refractivity (Wildman–Crippen MR) is 60.3 cm³/mol. The molecule has 1 atom stereocenters. The standard InChI is InChI=1S/C11H15N3O2/c1-12-8-11(14(15)16)9-13(12)7-10-5-3-2-4-6-10/h2-6,11H,7-9H2,1H3. The third kappa shape index (κ3) is 2.37. The molecule has 1 aromatic rings. The molecule has 5 nitrogen and oxygen atoms in total. The van der Waals surface area contributed by atoms with E-state index in [2.05, 4.69) is 0 Å². The van der Waals surface area contributed by atoms with Crippen molar-refractivity contribution in [2.75, 3.05) is 20.1 Å². The van der Waals surface area contributed by atoms with Crippen LogP contribution in [-0.4, -0.2) is 41.1 Å². The van der Waals surface area contributed by atoms with Gasteiger partial charge in [0.15, 0.2) is 0 Å². The Kier molecular flexibility index (Phi) is 3.17. The molecule has 0 amide bonds. The third-order valence-corrected chi connectivity index (χ3v) is 2.89. The maximum absolute atomic E-state index is 10.7. The molecule has 1 unspecified atom stereocenters. The van der Waals surface area contributed by atoms with Gasteiger partial charge in [0.25, 0.3) is 0 Å². The maximum atomic E-state index is 10.7. The number of likely N-dealkylation sites (N-methyl/N-ethyl adjacent to an activating group) is 1. The van der Waals surface area contributed by atoms with Crippen LogP contribution < -0.4 is 0 Å². The number of nitrogens with zero attached hydrogens (tertiary/aromatic N) is 3. The Bertz CT molecular complexity index is 369. The summed E-state index contributed by atoms with van der Waals surface area (Å²) >= 11 is 0. The Balaban J connectivity index is 1.99. The second-order valence-electron chi connectivity index (χ2n) is 4.11. The summed E-state index contributed by atoms with van der Waals surface area (Å²) in [6.07, 6.45) is 0. The second-order valence-corrected chi connectivity index (χ2v) is 4.11. The number of benzene rings is 1. The summed E-state index contributed by atoms with van der Waals surface area (Å²) in [5, 5.41) is 14.6. The number of hydrazine groups is 1. The Morgan fingerprint density at radius 1 is 1.38 bits per heavy atom. The van der Waals surface area contributed by atoms with Crippen LogP contribution in [0.3, 0.4) is 0 Å². The molecule has 1 heterocycles. The zero-order valence-electron chi connectivity index (χ0n) is 9.24. The van der Waals surface area contributed by atoms with Crippen molar-refractivity contribution >= 4 is 0 Å². The van der Waals surface area contributed by atoms with Crippen molar-refractivity contribution in [2.45, 2.75) is 12.6 Å². The molecule has 86 valence electrons. The Labute approximate surface area is 94.4 Å². The van der Waals surface area contributed by atoms with Crippen molar-refractivity contribution < 1.29 is 4.92 Å². The van der Waals surface area contributed by atoms with Crippen LogP contribution in [-0.2, 0) is 6.54 Å². The lowest BCUT2D eigenvalue weighted by Crippen LogP contribution is -2.32. The molecule has 0 aromatic heterocycles. The van der Waals surface area contributed by atoms with Crippen LogP contribution in [0.2, 0.25) is 0 Å². The summed E-state index contributed by atoms with van der Waals surface area (Å²) in [5.74, 6) is 0. The summed E-state index contributed by atoms with van der Waals surface area (Å²) in [6.45, 7) is 1.74. The molecule has 2 rings (SSSR count). The number of nitro groups is 1. The molecule has 1 saturated heterocycles. The number of rotatable bonds is 3. The smallest absolute Gasteiger partial charge is 0.240 e. The van der Waals surface area contributed by atoms with E-state index < -0.39 is 6.04 Å². The summed E-state index contributed by atoms with van der Waals surface area (Å²) in [4.78, 5) is 10.5. The highest BCUT2D eigenvalue weighted by molar-refractivity contribution is 5.14. The summed E-state index contributed by atoms with van der Waals surface area (Å²) in [7, 11) is 1.90. The van der Waals surface area contributed by atoms with Crippen molar-refractivity contribution in [3.8, 4) is 0 Å². The van der Waals surface area contributed by atoms with Crippen LogP contribution in [0.4, 0.5) is 0 Å². The van der Waals surface area contributed by atoms with Gasteiger partial charge in [0.1, 0.15) is 0 Å². The van der Waals surface area contributed by atoms with E-state index in [1.54, 1.807) is 0 Å². The van der Waals surface area contributed by atoms with Gasteiger partial charge in [-0.3, -0.25) is 10.1 Å². The molecule has 0 bridgehead atoms. The SMILES string of the molecule is CN1CC([N+](=O)[O-])CN1Cc1ccccc1. The van der Waals surface area contributed by atoms with Crippen molar-refractivity contribution in [3.05, 3.63) is 46.0 Å². The fourth-order valence-corrected chi connectivity index (χ4v) is 1.97. The van der Waals surface area contributed by atoms with Crippen LogP contribution in [0.5, 0.6) is 0 Å². The second kappa shape index (κ2) is 4.59. The minimum absolute atomic E-state index is 0.193. The first kappa shape index (κ1) is 11.0. The molecular weight excluding hydrogens is 206 g/mol. The van der Waals surface area contributed by atoms with Gasteiger partial charge in [0, 0.05) is 18.5 Å². The predicted octanol–water partition coefficient (Wildman–Crippen LogP) is 0.994. The van der Waals surface area contributed by atoms with Crippen LogP contribution in [0, 0.1) is 10.1 Å². The molecule has 0 saturated carbocycles. The molecule has 1 fully saturated rings. The first-order valence-electron chi connectivity index (χ1n) is 5.30. The molecule has 5 heteroatoms. The highest BCUT2D eigenvalue weighted by Crippen LogP contribution is 2.14. The van der Waals surface area contributed by atoms with E-state index in [1.165, 1.54) is 5.56 Å². The molecule has 0 radical (unpaired) electrons. The lowest BCUT2D eigenvalue weighted by molar-refractivity contribution is -0.515. The summed E-state index contributed by atoms with van der Waals surface area (Å²) < 4.78 is 0. The Morgan fingerprint density at radius 3 is 2.62 bits per heavy atom. The molecule has 1 aromatic carbocycles. The van der Waals surface area contributed by atoms with Gasteiger partial charge >= 0.3 is 0 Å². The summed E-state index contributed by atoms with van der Waals surface area (Å²) in [6, 6.07) is 9.54. The van der Waals surface area contributed by atoms with Gasteiger partial charge in [-0.05, 0) is 5.56 Å². The van der Waals surface area contributed by atoms with Crippen molar-refractivity contribution in [3.63, 3.8) is 0 Å². The number of hydrogen-bond acceptors (Lipinski definition) is 4. The zero-order valence-corrected chi connectivity index (χ0v) is 9.24. The third-order valence-electron chi connectivity index (χ3n) is 2.89. The van der Waals surface area contributed by atoms with Gasteiger partial charge in [-0.15, -0.1) is 0 Å². The monoisotopic (exact) mass is 221 g/mol. The van der Waals surface area contributed by atoms with E-state index in [0.717, 1.165) is 6.54 Å². The van der Waals surface area contributed by atoms with Gasteiger partial charge in [0.2, 0.25) is 6.04 Å². The lowest BCUT2D eigenvalue weighted by atomic mass is 10.2. The normalized spacial score (nSPS) is 22.4. The Morgan fingerprint density at radius 2 is 2.06 bits per heavy atom. The zero-order chi connectivity index (χ0) is 11.5. The lowest BCUT2D eigenvalue weighted by Gasteiger charge is -2.22. The molecule has 0 spiro atoms. The molecule has 0 N–H and O–H groups in total. The highest BCUT2D eigenvalue weighted by Gasteiger charge is 2.34. The van der Waals surface area contributed by atoms with E-state index in [-0.39, 0.29) is 4.92 Å². The van der Waals surface area contributed by atoms with Crippen LogP contribution in [0.1, 0.15) is 5.56 Å². The maximum Gasteiger partial charge on any atom is 0.240 e. The average Bonchev–Trinajstić information content (AvgIpc) is 2.62. The van der Waals surface area contributed by atoms with Gasteiger partial charge in [-0.25, -0.2) is 10.0 Å². The van der Waals surface area contributed by atoms with Gasteiger partial charge < -0.3 is 0 Å². The highest BCUT2D eigenvalue weighted by atomic mass is 16.6. The first-order chi connectivity index (χ1) is 7.66. The van der Waals surface area contributed by atoms with Crippen molar-refractivity contribution in [2.24, 2.45) is 0 Å². The minimum atomic E-state index is -0.464. The Hall–Kier alpha value is -1.46. The quantitative estimate of drug-likeness (QED) is 0.564. The van der Waals surface area contributed by atoms with Crippen LogP contribution >= 0.6 is 0 Å². The first-order valence-corrected chi connectivity index (χ1v) is 5.30. The van der Waals surface area contributed by atoms with E-state index in [0.29, 0.717) is 13.1 Å². The van der Waals surface area contributed by atoms with Gasteiger partial charge in [-0.1, -0.05) is 30.3 Å². The fraction of sp³-hybridized carbons (Fsp3) is 0.455. The largest absolute Gasteiger partial charge is 0.264 e. The topological polar surface area (TPSA) is 49.6 Å². The van der Waals surface area contributed by atoms with Gasteiger partial charge in [-0.2, -0.15) is 0 Å². The molecule has 16 heavy (non-hydrogen) atoms. The fourth-order valence-electron chi connectivity index (χ4n) is 1.97. The molecular formula is C11H15N3O2. The molecule has 1 aliphatic heterocycles. The van der Waals surface area contributed by atoms with E-state index >= 15 is 0 Å². The summed E-state index contributed by atoms with van der Waals surface area (Å²) in [5.41, 5.74) is 1.18. The minimum Gasteiger partial charge on any atom is -0.264 e. The van der Waals surface area contributed by atoms with Crippen molar-refractivity contribution in [1.29, 1.82) is 0 Å². The van der Waals surface area contributed by atoms with Crippen molar-refractivity contribution in [1.82, 2.24) is 10.0 Å². The molecule has 0 aliphatic carbocycles. The van der Waals surface area contributed by atoms with Gasteiger partial charge in [0.05, 0.1) is 13.1 Å². The van der Waals surface area contributed by atoms with E-state index in [9.17, 15) is 10.1 Å². The van der Waals surface area contributed by atoms with E-state index in [1.807, 2.05) is 47.4 Å². The van der Waals surface area contributed by atoms with E-state index in [4.69, 9.17) is 0 Å². The van der Waals surface area contributed by atoms with Crippen LogP contribution in [0.15, 0.2) is 30.3 Å². The van der Waals surface area contributed by atoms with Crippen LogP contribution in [0.25, 0.3) is 0 Å².